The summed E-state index contributed by atoms with van der Waals surface area (Å²) in [6.07, 6.45) is 2.57. The van der Waals surface area contributed by atoms with Crippen molar-refractivity contribution >= 4 is 23.3 Å². The minimum absolute atomic E-state index is 0.00713. The summed E-state index contributed by atoms with van der Waals surface area (Å²) in [5.74, 6) is 2.08. The van der Waals surface area contributed by atoms with Gasteiger partial charge < -0.3 is 10.1 Å². The molecule has 0 unspecified atom stereocenters. The van der Waals surface area contributed by atoms with Crippen molar-refractivity contribution in [2.75, 3.05) is 18.9 Å². The van der Waals surface area contributed by atoms with Gasteiger partial charge in [0.15, 0.2) is 5.65 Å². The van der Waals surface area contributed by atoms with Crippen LogP contribution in [0.2, 0.25) is 0 Å². The van der Waals surface area contributed by atoms with Gasteiger partial charge in [0.25, 0.3) is 0 Å². The Bertz CT molecular complexity index is 832. The first-order valence-electron chi connectivity index (χ1n) is 8.17. The molecule has 0 aliphatic rings. The number of ether oxygens (including phenoxy) is 1. The molecule has 1 amide bonds. The predicted octanol–water partition coefficient (Wildman–Crippen LogP) is 2.58. The third kappa shape index (κ3) is 4.73. The van der Waals surface area contributed by atoms with Gasteiger partial charge in [-0.3, -0.25) is 9.20 Å². The quantitative estimate of drug-likeness (QED) is 0.628. The molecule has 7 heteroatoms. The second kappa shape index (κ2) is 8.53. The number of nitrogens with zero attached hydrogens (tertiary/aromatic N) is 3. The molecule has 1 aromatic carbocycles. The highest BCUT2D eigenvalue weighted by atomic mass is 32.2. The minimum Gasteiger partial charge on any atom is -0.494 e. The highest BCUT2D eigenvalue weighted by Gasteiger charge is 2.06. The van der Waals surface area contributed by atoms with Crippen LogP contribution in [0.3, 0.4) is 0 Å². The van der Waals surface area contributed by atoms with Gasteiger partial charge in [0.05, 0.1) is 12.4 Å². The first-order chi connectivity index (χ1) is 12.3. The Kier molecular flexibility index (Phi) is 5.90. The van der Waals surface area contributed by atoms with Crippen LogP contribution in [0, 0.1) is 0 Å². The van der Waals surface area contributed by atoms with E-state index in [9.17, 15) is 4.79 Å². The number of carbonyl (C=O) groups is 1. The van der Waals surface area contributed by atoms with Gasteiger partial charge in [0.2, 0.25) is 5.91 Å². The first kappa shape index (κ1) is 17.3. The van der Waals surface area contributed by atoms with E-state index < -0.39 is 0 Å². The van der Waals surface area contributed by atoms with Crippen LogP contribution in [0.15, 0.2) is 53.6 Å². The average Bonchev–Trinajstić information content (AvgIpc) is 3.05. The Morgan fingerprint density at radius 1 is 1.20 bits per heavy atom. The summed E-state index contributed by atoms with van der Waals surface area (Å²) < 4.78 is 7.34. The van der Waals surface area contributed by atoms with Gasteiger partial charge in [0.1, 0.15) is 11.6 Å². The SMILES string of the molecule is CCOc1ccc(SCC(=O)NCCc2nnc3ccccn23)cc1. The number of pyridine rings is 1. The van der Waals surface area contributed by atoms with Crippen molar-refractivity contribution in [1.82, 2.24) is 19.9 Å². The number of carbonyl (C=O) groups excluding carboxylic acids is 1. The third-order valence-electron chi connectivity index (χ3n) is 3.56. The molecule has 0 atom stereocenters. The molecule has 0 saturated heterocycles. The fraction of sp³-hybridized carbons (Fsp3) is 0.278. The number of thioether (sulfide) groups is 1. The maximum atomic E-state index is 12.0. The van der Waals surface area contributed by atoms with Crippen molar-refractivity contribution in [2.24, 2.45) is 0 Å². The van der Waals surface area contributed by atoms with Crippen LogP contribution in [-0.4, -0.2) is 39.4 Å². The topological polar surface area (TPSA) is 68.5 Å². The highest BCUT2D eigenvalue weighted by molar-refractivity contribution is 8.00. The normalized spacial score (nSPS) is 10.8. The second-order valence-electron chi connectivity index (χ2n) is 5.34. The molecule has 0 aliphatic heterocycles. The molecule has 0 radical (unpaired) electrons. The largest absolute Gasteiger partial charge is 0.494 e. The monoisotopic (exact) mass is 356 g/mol. The Labute approximate surface area is 150 Å². The maximum absolute atomic E-state index is 12.0. The Hall–Kier alpha value is -2.54. The summed E-state index contributed by atoms with van der Waals surface area (Å²) in [5, 5.41) is 11.2. The van der Waals surface area contributed by atoms with Crippen LogP contribution in [0.4, 0.5) is 0 Å². The lowest BCUT2D eigenvalue weighted by Gasteiger charge is -2.06. The molecule has 0 aliphatic carbocycles. The molecule has 0 spiro atoms. The summed E-state index contributed by atoms with van der Waals surface area (Å²) in [5.41, 5.74) is 0.815. The van der Waals surface area contributed by atoms with E-state index in [-0.39, 0.29) is 5.91 Å². The fourth-order valence-electron chi connectivity index (χ4n) is 2.37. The van der Waals surface area contributed by atoms with Crippen LogP contribution in [0.5, 0.6) is 5.75 Å². The molecule has 25 heavy (non-hydrogen) atoms. The average molecular weight is 356 g/mol. The maximum Gasteiger partial charge on any atom is 0.230 e. The van der Waals surface area contributed by atoms with Crippen LogP contribution in [0.1, 0.15) is 12.7 Å². The molecule has 1 N–H and O–H groups in total. The van der Waals surface area contributed by atoms with Gasteiger partial charge in [-0.2, -0.15) is 0 Å². The van der Waals surface area contributed by atoms with E-state index in [1.54, 1.807) is 0 Å². The fourth-order valence-corrected chi connectivity index (χ4v) is 3.10. The van der Waals surface area contributed by atoms with Gasteiger partial charge >= 0.3 is 0 Å². The Morgan fingerprint density at radius 3 is 2.84 bits per heavy atom. The number of hydrogen-bond acceptors (Lipinski definition) is 5. The van der Waals surface area contributed by atoms with Crippen LogP contribution in [-0.2, 0) is 11.2 Å². The van der Waals surface area contributed by atoms with Gasteiger partial charge in [-0.25, -0.2) is 0 Å². The molecule has 3 aromatic rings. The van der Waals surface area contributed by atoms with Gasteiger partial charge in [0, 0.05) is 24.1 Å². The van der Waals surface area contributed by atoms with Crippen molar-refractivity contribution in [3.8, 4) is 5.75 Å². The molecule has 6 nitrogen and oxygen atoms in total. The number of amides is 1. The molecule has 2 aromatic heterocycles. The predicted molar refractivity (Wildman–Crippen MR) is 98.0 cm³/mol. The zero-order valence-electron chi connectivity index (χ0n) is 14.0. The van der Waals surface area contributed by atoms with E-state index in [1.165, 1.54) is 11.8 Å². The zero-order valence-corrected chi connectivity index (χ0v) is 14.8. The standard InChI is InChI=1S/C18H20N4O2S/c1-2-24-14-6-8-15(9-7-14)25-13-18(23)19-11-10-17-21-20-16-5-3-4-12-22(16)17/h3-9,12H,2,10-11,13H2,1H3,(H,19,23). The molecule has 0 bridgehead atoms. The van der Waals surface area contributed by atoms with Crippen molar-refractivity contribution < 1.29 is 9.53 Å². The molecule has 0 saturated carbocycles. The Morgan fingerprint density at radius 2 is 2.04 bits per heavy atom. The van der Waals surface area contributed by atoms with Crippen molar-refractivity contribution in [3.05, 3.63) is 54.5 Å². The van der Waals surface area contributed by atoms with E-state index in [2.05, 4.69) is 15.5 Å². The van der Waals surface area contributed by atoms with Gasteiger partial charge in [-0.05, 0) is 43.3 Å². The molecule has 2 heterocycles. The van der Waals surface area contributed by atoms with E-state index >= 15 is 0 Å². The zero-order chi connectivity index (χ0) is 17.5. The van der Waals surface area contributed by atoms with E-state index in [0.29, 0.717) is 25.3 Å². The summed E-state index contributed by atoms with van der Waals surface area (Å²) in [6.45, 7) is 3.14. The van der Waals surface area contributed by atoms with Gasteiger partial charge in [-0.1, -0.05) is 6.07 Å². The van der Waals surface area contributed by atoms with Crippen LogP contribution < -0.4 is 10.1 Å². The second-order valence-corrected chi connectivity index (χ2v) is 6.39. The molecule has 0 fully saturated rings. The Balaban J connectivity index is 1.42. The van der Waals surface area contributed by atoms with Crippen LogP contribution in [0.25, 0.3) is 5.65 Å². The molecular weight excluding hydrogens is 336 g/mol. The summed E-state index contributed by atoms with van der Waals surface area (Å²) in [4.78, 5) is 13.0. The minimum atomic E-state index is 0.00713. The highest BCUT2D eigenvalue weighted by Crippen LogP contribution is 2.21. The van der Waals surface area contributed by atoms with Crippen molar-refractivity contribution in [3.63, 3.8) is 0 Å². The lowest BCUT2D eigenvalue weighted by atomic mass is 10.3. The first-order valence-corrected chi connectivity index (χ1v) is 9.16. The van der Waals surface area contributed by atoms with Crippen molar-refractivity contribution in [1.29, 1.82) is 0 Å². The third-order valence-corrected chi connectivity index (χ3v) is 4.57. The van der Waals surface area contributed by atoms with Gasteiger partial charge in [-0.15, -0.1) is 22.0 Å². The number of benzene rings is 1. The summed E-state index contributed by atoms with van der Waals surface area (Å²) >= 11 is 1.51. The lowest BCUT2D eigenvalue weighted by Crippen LogP contribution is -2.27. The van der Waals surface area contributed by atoms with E-state index in [1.807, 2.05) is 60.0 Å². The lowest BCUT2D eigenvalue weighted by molar-refractivity contribution is -0.118. The molecule has 3 rings (SSSR count). The summed E-state index contributed by atoms with van der Waals surface area (Å²) in [7, 11) is 0. The number of aromatic nitrogens is 3. The number of hydrogen-bond donors (Lipinski definition) is 1. The van der Waals surface area contributed by atoms with E-state index in [0.717, 1.165) is 22.1 Å². The summed E-state index contributed by atoms with van der Waals surface area (Å²) in [6, 6.07) is 13.5. The van der Waals surface area contributed by atoms with E-state index in [4.69, 9.17) is 4.74 Å². The number of fused-ring (bicyclic) bond motifs is 1. The molecular formula is C18H20N4O2S. The van der Waals surface area contributed by atoms with Crippen LogP contribution >= 0.6 is 11.8 Å². The number of rotatable bonds is 8. The van der Waals surface area contributed by atoms with Crippen molar-refractivity contribution in [2.45, 2.75) is 18.2 Å². The molecule has 130 valence electrons. The smallest absolute Gasteiger partial charge is 0.230 e. The number of nitrogens with one attached hydrogen (secondary N) is 1.